The molecule has 3 aromatic rings. The summed E-state index contributed by atoms with van der Waals surface area (Å²) in [5, 5.41) is 0. The van der Waals surface area contributed by atoms with E-state index >= 15 is 0 Å². The molecule has 2 aliphatic rings. The molecule has 0 radical (unpaired) electrons. The lowest BCUT2D eigenvalue weighted by Gasteiger charge is -2.30. The first-order chi connectivity index (χ1) is 15.0. The third-order valence-corrected chi connectivity index (χ3v) is 6.47. The third kappa shape index (κ3) is 3.69. The summed E-state index contributed by atoms with van der Waals surface area (Å²) in [7, 11) is 0. The Hall–Kier alpha value is -3.22. The molecule has 0 spiro atoms. The van der Waals surface area contributed by atoms with Gasteiger partial charge in [-0.25, -0.2) is 15.0 Å². The lowest BCUT2D eigenvalue weighted by Crippen LogP contribution is -2.34. The maximum atomic E-state index is 12.5. The molecule has 160 valence electrons. The van der Waals surface area contributed by atoms with Crippen LogP contribution in [0.25, 0.3) is 11.3 Å². The second kappa shape index (κ2) is 7.80. The minimum absolute atomic E-state index is 0.176. The summed E-state index contributed by atoms with van der Waals surface area (Å²) in [4.78, 5) is 34.0. The zero-order valence-corrected chi connectivity index (χ0v) is 18.3. The molecule has 0 amide bonds. The zero-order chi connectivity index (χ0) is 21.5. The van der Waals surface area contributed by atoms with E-state index in [9.17, 15) is 4.79 Å². The van der Waals surface area contributed by atoms with Gasteiger partial charge in [0.2, 0.25) is 11.9 Å². The Morgan fingerprint density at radius 3 is 2.65 bits per heavy atom. The number of aromatic amines is 1. The zero-order valence-electron chi connectivity index (χ0n) is 18.3. The van der Waals surface area contributed by atoms with Crippen LogP contribution in [0.1, 0.15) is 37.9 Å². The van der Waals surface area contributed by atoms with Gasteiger partial charge >= 0.3 is 0 Å². The van der Waals surface area contributed by atoms with Gasteiger partial charge in [-0.1, -0.05) is 25.1 Å². The molecule has 0 unspecified atom stereocenters. The number of aryl methyl sites for hydroxylation is 1. The van der Waals surface area contributed by atoms with Crippen molar-refractivity contribution in [2.75, 3.05) is 22.9 Å². The number of benzene rings is 1. The summed E-state index contributed by atoms with van der Waals surface area (Å²) >= 11 is 0. The van der Waals surface area contributed by atoms with Crippen LogP contribution in [0.2, 0.25) is 0 Å². The van der Waals surface area contributed by atoms with Crippen LogP contribution in [-0.2, 0) is 6.42 Å². The average molecular weight is 417 g/mol. The highest BCUT2D eigenvalue weighted by Crippen LogP contribution is 2.36. The molecule has 31 heavy (non-hydrogen) atoms. The second-order valence-electron chi connectivity index (χ2n) is 8.84. The van der Waals surface area contributed by atoms with Crippen molar-refractivity contribution in [3.63, 3.8) is 0 Å². The van der Waals surface area contributed by atoms with Crippen LogP contribution in [0.5, 0.6) is 0 Å². The molecule has 1 N–H and O–H groups in total. The summed E-state index contributed by atoms with van der Waals surface area (Å²) in [5.41, 5.74) is 4.42. The molecule has 5 rings (SSSR count). The Bertz CT molecular complexity index is 1160. The summed E-state index contributed by atoms with van der Waals surface area (Å²) < 4.78 is 0. The van der Waals surface area contributed by atoms with Crippen LogP contribution in [0.3, 0.4) is 0 Å². The van der Waals surface area contributed by atoms with E-state index in [1.165, 1.54) is 24.5 Å². The highest BCUT2D eigenvalue weighted by atomic mass is 16.1. The van der Waals surface area contributed by atoms with Crippen LogP contribution in [0, 0.1) is 12.8 Å². The van der Waals surface area contributed by atoms with E-state index in [2.05, 4.69) is 45.7 Å². The van der Waals surface area contributed by atoms with Gasteiger partial charge in [-0.15, -0.1) is 0 Å². The number of hydrogen-bond acceptors (Lipinski definition) is 6. The van der Waals surface area contributed by atoms with Crippen molar-refractivity contribution >= 4 is 17.6 Å². The Morgan fingerprint density at radius 1 is 1.10 bits per heavy atom. The molecule has 2 aromatic heterocycles. The van der Waals surface area contributed by atoms with Crippen LogP contribution >= 0.6 is 0 Å². The number of fused-ring (bicyclic) bond motifs is 1. The topological polar surface area (TPSA) is 78.0 Å². The minimum Gasteiger partial charge on any atom is -0.341 e. The molecule has 0 saturated carbocycles. The van der Waals surface area contributed by atoms with Crippen molar-refractivity contribution < 1.29 is 0 Å². The lowest BCUT2D eigenvalue weighted by molar-refractivity contribution is 0.434. The van der Waals surface area contributed by atoms with Crippen LogP contribution in [0.4, 0.5) is 17.6 Å². The van der Waals surface area contributed by atoms with Crippen LogP contribution in [0.15, 0.2) is 41.3 Å². The van der Waals surface area contributed by atoms with E-state index in [0.717, 1.165) is 48.3 Å². The van der Waals surface area contributed by atoms with E-state index < -0.39 is 0 Å². The number of rotatable bonds is 3. The van der Waals surface area contributed by atoms with Crippen molar-refractivity contribution in [2.24, 2.45) is 5.92 Å². The maximum Gasteiger partial charge on any atom is 0.252 e. The van der Waals surface area contributed by atoms with Gasteiger partial charge in [0.1, 0.15) is 0 Å². The van der Waals surface area contributed by atoms with E-state index in [0.29, 0.717) is 11.6 Å². The number of piperidine rings is 1. The first-order valence-corrected chi connectivity index (χ1v) is 11.1. The summed E-state index contributed by atoms with van der Waals surface area (Å²) in [6.07, 6.45) is 5.06. The van der Waals surface area contributed by atoms with Gasteiger partial charge in [0, 0.05) is 42.6 Å². The number of nitrogens with one attached hydrogen (secondary N) is 1. The Morgan fingerprint density at radius 2 is 1.87 bits per heavy atom. The van der Waals surface area contributed by atoms with Gasteiger partial charge < -0.3 is 9.80 Å². The first-order valence-electron chi connectivity index (χ1n) is 11.1. The molecule has 7 nitrogen and oxygen atoms in total. The SMILES string of the molecule is Cc1nc(N2CCC(C)CC2)ncc1-c1cc(=O)[nH]c(N2c3ccccc3C[C@H]2C)n1. The largest absolute Gasteiger partial charge is 0.341 e. The summed E-state index contributed by atoms with van der Waals surface area (Å²) in [6, 6.07) is 10.0. The predicted molar refractivity (Wildman–Crippen MR) is 123 cm³/mol. The number of aromatic nitrogens is 4. The fourth-order valence-corrected chi connectivity index (χ4v) is 4.65. The van der Waals surface area contributed by atoms with Gasteiger partial charge in [0.05, 0.1) is 11.4 Å². The number of anilines is 3. The summed E-state index contributed by atoms with van der Waals surface area (Å²) in [5.74, 6) is 2.09. The highest BCUT2D eigenvalue weighted by Gasteiger charge is 2.29. The van der Waals surface area contributed by atoms with Gasteiger partial charge in [0.25, 0.3) is 5.56 Å². The third-order valence-electron chi connectivity index (χ3n) is 6.47. The molecular formula is C24H28N6O. The molecule has 2 aliphatic heterocycles. The lowest BCUT2D eigenvalue weighted by atomic mass is 10.00. The number of nitrogens with zero attached hydrogens (tertiary/aromatic N) is 5. The Kier molecular flexibility index (Phi) is 4.96. The standard InChI is InChI=1S/C24H28N6O/c1-15-8-10-29(11-9-15)23-25-14-19(17(3)26-23)20-13-22(31)28-24(27-20)30-16(2)12-18-6-4-5-7-21(18)30/h4-7,13-16H,8-12H2,1-3H3,(H,27,28,31)/t16-/m1/s1. The van der Waals surface area contributed by atoms with Crippen molar-refractivity contribution in [1.29, 1.82) is 0 Å². The van der Waals surface area contributed by atoms with Crippen molar-refractivity contribution in [1.82, 2.24) is 19.9 Å². The Labute approximate surface area is 182 Å². The monoisotopic (exact) mass is 416 g/mol. The van der Waals surface area contributed by atoms with Gasteiger partial charge in [-0.05, 0) is 50.7 Å². The Balaban J connectivity index is 1.49. The van der Waals surface area contributed by atoms with E-state index in [-0.39, 0.29) is 11.6 Å². The molecule has 1 saturated heterocycles. The normalized spacial score (nSPS) is 19.0. The van der Waals surface area contributed by atoms with Crippen molar-refractivity contribution in [3.8, 4) is 11.3 Å². The van der Waals surface area contributed by atoms with E-state index in [1.807, 2.05) is 25.3 Å². The molecular weight excluding hydrogens is 388 g/mol. The van der Waals surface area contributed by atoms with E-state index in [4.69, 9.17) is 9.97 Å². The first kappa shape index (κ1) is 19.7. The van der Waals surface area contributed by atoms with Gasteiger partial charge in [-0.3, -0.25) is 9.78 Å². The number of H-pyrrole nitrogens is 1. The predicted octanol–water partition coefficient (Wildman–Crippen LogP) is 3.85. The average Bonchev–Trinajstić information content (AvgIpc) is 3.09. The molecule has 0 bridgehead atoms. The van der Waals surface area contributed by atoms with Gasteiger partial charge in [0.15, 0.2) is 0 Å². The molecule has 1 aromatic carbocycles. The molecule has 1 atom stereocenters. The fraction of sp³-hybridized carbons (Fsp3) is 0.417. The van der Waals surface area contributed by atoms with Crippen molar-refractivity contribution in [3.05, 3.63) is 58.1 Å². The number of hydrogen-bond donors (Lipinski definition) is 1. The molecule has 1 fully saturated rings. The summed E-state index contributed by atoms with van der Waals surface area (Å²) in [6.45, 7) is 8.38. The van der Waals surface area contributed by atoms with Crippen molar-refractivity contribution in [2.45, 2.75) is 46.1 Å². The highest BCUT2D eigenvalue weighted by molar-refractivity contribution is 5.69. The molecule has 7 heteroatoms. The smallest absolute Gasteiger partial charge is 0.252 e. The quantitative estimate of drug-likeness (QED) is 0.699. The van der Waals surface area contributed by atoms with Crippen LogP contribution < -0.4 is 15.4 Å². The fourth-order valence-electron chi connectivity index (χ4n) is 4.65. The van der Waals surface area contributed by atoms with Gasteiger partial charge in [-0.2, -0.15) is 0 Å². The second-order valence-corrected chi connectivity index (χ2v) is 8.84. The molecule has 0 aliphatic carbocycles. The molecule has 4 heterocycles. The minimum atomic E-state index is -0.176. The number of para-hydroxylation sites is 1. The maximum absolute atomic E-state index is 12.5. The van der Waals surface area contributed by atoms with Crippen LogP contribution in [-0.4, -0.2) is 39.1 Å². The van der Waals surface area contributed by atoms with E-state index in [1.54, 1.807) is 0 Å².